The zero-order valence-corrected chi connectivity index (χ0v) is 21.6. The van der Waals surface area contributed by atoms with Gasteiger partial charge in [0, 0.05) is 25.7 Å². The molecule has 2 N–H and O–H groups in total. The van der Waals surface area contributed by atoms with Crippen molar-refractivity contribution in [1.82, 2.24) is 0 Å². The molecule has 4 aliphatic carbocycles. The normalized spacial score (nSPS) is 33.6. The van der Waals surface area contributed by atoms with Gasteiger partial charge in [0.1, 0.15) is 11.2 Å². The Kier molecular flexibility index (Phi) is 7.45. The van der Waals surface area contributed by atoms with E-state index < -0.39 is 11.5 Å². The lowest BCUT2D eigenvalue weighted by Gasteiger charge is -2.44. The summed E-state index contributed by atoms with van der Waals surface area (Å²) in [5.41, 5.74) is 0.941. The summed E-state index contributed by atoms with van der Waals surface area (Å²) in [6.45, 7) is 0. The number of ether oxygens (including phenoxy) is 1. The molecule has 5 rings (SSSR count). The van der Waals surface area contributed by atoms with Gasteiger partial charge in [0.15, 0.2) is 17.3 Å². The molecular formula is C31H40O5. The van der Waals surface area contributed by atoms with Gasteiger partial charge in [-0.15, -0.1) is 0 Å². The quantitative estimate of drug-likeness (QED) is 0.569. The van der Waals surface area contributed by atoms with Crippen LogP contribution < -0.4 is 4.74 Å². The number of hydrogen-bond acceptors (Lipinski definition) is 5. The molecule has 36 heavy (non-hydrogen) atoms. The lowest BCUT2D eigenvalue weighted by Crippen LogP contribution is -2.47. The number of carbonyl (C=O) groups is 2. The maximum absolute atomic E-state index is 13.5. The third-order valence-corrected chi connectivity index (χ3v) is 9.95. The number of carbonyl (C=O) groups excluding carboxylic acids is 2. The van der Waals surface area contributed by atoms with Gasteiger partial charge in [0.2, 0.25) is 0 Å². The highest BCUT2D eigenvalue weighted by Gasteiger charge is 2.48. The third-order valence-electron chi connectivity index (χ3n) is 9.95. The highest BCUT2D eigenvalue weighted by molar-refractivity contribution is 5.89. The second-order valence-corrected chi connectivity index (χ2v) is 11.8. The van der Waals surface area contributed by atoms with Crippen molar-refractivity contribution in [1.29, 1.82) is 0 Å². The van der Waals surface area contributed by atoms with E-state index in [4.69, 9.17) is 4.74 Å². The first-order valence-corrected chi connectivity index (χ1v) is 14.0. The zero-order valence-electron chi connectivity index (χ0n) is 21.6. The molecule has 0 aliphatic heterocycles. The summed E-state index contributed by atoms with van der Waals surface area (Å²) in [6, 6.07) is 3.51. The summed E-state index contributed by atoms with van der Waals surface area (Å²) in [5, 5.41) is 21.6. The fraction of sp³-hybridized carbons (Fsp3) is 0.677. The number of aliphatic hydroxyl groups excluding tert-OH is 1. The van der Waals surface area contributed by atoms with Crippen LogP contribution in [0.2, 0.25) is 0 Å². The van der Waals surface area contributed by atoms with Crippen LogP contribution in [0.3, 0.4) is 0 Å². The van der Waals surface area contributed by atoms with E-state index in [1.165, 1.54) is 32.8 Å². The molecule has 1 aromatic carbocycles. The molecule has 3 atom stereocenters. The first-order chi connectivity index (χ1) is 17.4. The van der Waals surface area contributed by atoms with Crippen LogP contribution >= 0.6 is 0 Å². The fourth-order valence-electron chi connectivity index (χ4n) is 7.66. The van der Waals surface area contributed by atoms with Crippen molar-refractivity contribution in [2.75, 3.05) is 7.11 Å². The van der Waals surface area contributed by atoms with Crippen LogP contribution in [0, 0.1) is 40.9 Å². The van der Waals surface area contributed by atoms with Crippen LogP contribution in [0.5, 0.6) is 11.5 Å². The number of rotatable bonds is 3. The van der Waals surface area contributed by atoms with Crippen molar-refractivity contribution >= 4 is 11.6 Å². The van der Waals surface area contributed by atoms with E-state index in [2.05, 4.69) is 11.8 Å². The maximum atomic E-state index is 13.5. The van der Waals surface area contributed by atoms with Gasteiger partial charge in [0.25, 0.3) is 0 Å². The van der Waals surface area contributed by atoms with Gasteiger partial charge in [-0.05, 0) is 111 Å². The molecule has 194 valence electrons. The van der Waals surface area contributed by atoms with Gasteiger partial charge in [-0.2, -0.15) is 0 Å². The minimum atomic E-state index is -0.962. The topological polar surface area (TPSA) is 83.8 Å². The van der Waals surface area contributed by atoms with Crippen molar-refractivity contribution in [3.05, 3.63) is 23.3 Å². The Hall–Kier alpha value is -2.32. The molecule has 0 radical (unpaired) electrons. The predicted molar refractivity (Wildman–Crippen MR) is 138 cm³/mol. The summed E-state index contributed by atoms with van der Waals surface area (Å²) in [4.78, 5) is 25.1. The molecule has 3 unspecified atom stereocenters. The summed E-state index contributed by atoms with van der Waals surface area (Å²) in [7, 11) is 1.52. The molecule has 4 aliphatic rings. The number of fused-ring (bicyclic) bond motifs is 1. The number of aromatic hydroxyl groups is 1. The number of benzene rings is 1. The fourth-order valence-corrected chi connectivity index (χ4v) is 7.66. The standard InChI is InChI=1S/C31H40O5/c1-36-28-18-24-10-13-29(34)31(15-2-3-23(24)17-27(28)33)16-14-25(19-30(31)35)22-6-4-20(5-7-22)21-8-11-26(32)12-9-21/h17-18,20-22,25,30,33,35H,3-14,16,19H2,1H3. The minimum Gasteiger partial charge on any atom is -0.504 e. The van der Waals surface area contributed by atoms with Crippen LogP contribution in [0.4, 0.5) is 0 Å². The molecule has 1 spiro atoms. The number of phenols is 1. The SMILES string of the molecule is COc1cc2c(cc1O)CC#CC1(CCC(C3CCC(C4CCC(=O)CC4)CC3)CC1O)C(=O)CC2. The Morgan fingerprint density at radius 3 is 2.19 bits per heavy atom. The Balaban J connectivity index is 1.22. The van der Waals surface area contributed by atoms with E-state index in [-0.39, 0.29) is 11.5 Å². The van der Waals surface area contributed by atoms with Crippen molar-refractivity contribution in [2.24, 2.45) is 29.1 Å². The average Bonchev–Trinajstić information content (AvgIpc) is 2.95. The number of aryl methyl sites for hydroxylation is 1. The van der Waals surface area contributed by atoms with Crippen molar-refractivity contribution in [2.45, 2.75) is 96.0 Å². The molecule has 1 aromatic rings. The second-order valence-electron chi connectivity index (χ2n) is 11.8. The first-order valence-electron chi connectivity index (χ1n) is 14.0. The molecule has 5 nitrogen and oxygen atoms in total. The summed E-state index contributed by atoms with van der Waals surface area (Å²) in [6.07, 6.45) is 11.5. The van der Waals surface area contributed by atoms with Crippen molar-refractivity contribution < 1.29 is 24.5 Å². The van der Waals surface area contributed by atoms with Gasteiger partial charge in [-0.1, -0.05) is 11.8 Å². The van der Waals surface area contributed by atoms with Gasteiger partial charge in [-0.3, -0.25) is 9.59 Å². The Morgan fingerprint density at radius 2 is 1.53 bits per heavy atom. The first kappa shape index (κ1) is 25.3. The van der Waals surface area contributed by atoms with Crippen LogP contribution in [0.1, 0.15) is 88.2 Å². The average molecular weight is 493 g/mol. The summed E-state index contributed by atoms with van der Waals surface area (Å²) >= 11 is 0. The van der Waals surface area contributed by atoms with E-state index >= 15 is 0 Å². The largest absolute Gasteiger partial charge is 0.504 e. The molecule has 0 bridgehead atoms. The van der Waals surface area contributed by atoms with E-state index in [1.54, 1.807) is 6.07 Å². The summed E-state index contributed by atoms with van der Waals surface area (Å²) in [5.74, 6) is 10.0. The number of aliphatic hydroxyl groups is 1. The minimum absolute atomic E-state index is 0.0522. The predicted octanol–water partition coefficient (Wildman–Crippen LogP) is 5.18. The Labute approximate surface area is 215 Å². The lowest BCUT2D eigenvalue weighted by molar-refractivity contribution is -0.135. The van der Waals surface area contributed by atoms with E-state index in [0.717, 1.165) is 55.1 Å². The highest BCUT2D eigenvalue weighted by Crippen LogP contribution is 2.48. The molecule has 0 aromatic heterocycles. The zero-order chi connectivity index (χ0) is 25.3. The van der Waals surface area contributed by atoms with Gasteiger partial charge in [-0.25, -0.2) is 0 Å². The van der Waals surface area contributed by atoms with Crippen LogP contribution in [-0.4, -0.2) is 35.0 Å². The monoisotopic (exact) mass is 492 g/mol. The van der Waals surface area contributed by atoms with E-state index in [0.29, 0.717) is 55.5 Å². The number of methoxy groups -OCH3 is 1. The third kappa shape index (κ3) is 4.94. The number of Topliss-reactive ketones (excluding diaryl/α,β-unsaturated/α-hetero) is 2. The Morgan fingerprint density at radius 1 is 0.861 bits per heavy atom. The van der Waals surface area contributed by atoms with Gasteiger partial charge >= 0.3 is 0 Å². The molecular weight excluding hydrogens is 452 g/mol. The highest BCUT2D eigenvalue weighted by atomic mass is 16.5. The van der Waals surface area contributed by atoms with Crippen molar-refractivity contribution in [3.63, 3.8) is 0 Å². The molecule has 0 saturated heterocycles. The van der Waals surface area contributed by atoms with E-state index in [9.17, 15) is 19.8 Å². The van der Waals surface area contributed by atoms with Gasteiger partial charge in [0.05, 0.1) is 13.2 Å². The molecule has 5 heteroatoms. The van der Waals surface area contributed by atoms with Crippen LogP contribution in [-0.2, 0) is 22.4 Å². The van der Waals surface area contributed by atoms with Gasteiger partial charge < -0.3 is 14.9 Å². The van der Waals surface area contributed by atoms with Crippen LogP contribution in [0.25, 0.3) is 0 Å². The molecule has 3 saturated carbocycles. The number of phenolic OH excluding ortho intramolecular Hbond substituents is 1. The second kappa shape index (κ2) is 10.6. The van der Waals surface area contributed by atoms with Crippen molar-refractivity contribution in [3.8, 4) is 23.3 Å². The molecule has 3 fully saturated rings. The Bertz CT molecular complexity index is 1050. The lowest BCUT2D eigenvalue weighted by atomic mass is 9.60. The number of hydrogen-bond donors (Lipinski definition) is 2. The molecule has 0 heterocycles. The van der Waals surface area contributed by atoms with Crippen LogP contribution in [0.15, 0.2) is 12.1 Å². The summed E-state index contributed by atoms with van der Waals surface area (Å²) < 4.78 is 5.26. The van der Waals surface area contributed by atoms with E-state index in [1.807, 2.05) is 6.07 Å². The number of ketones is 2. The molecule has 0 amide bonds. The smallest absolute Gasteiger partial charge is 0.160 e. The maximum Gasteiger partial charge on any atom is 0.160 e.